The van der Waals surface area contributed by atoms with Gasteiger partial charge in [0.1, 0.15) is 0 Å². The normalized spacial score (nSPS) is 17.3. The van der Waals surface area contributed by atoms with Gasteiger partial charge in [-0.1, -0.05) is 19.0 Å². The summed E-state index contributed by atoms with van der Waals surface area (Å²) in [5.41, 5.74) is 0.990. The second kappa shape index (κ2) is 8.17. The Hall–Kier alpha value is -1.56. The van der Waals surface area contributed by atoms with E-state index < -0.39 is 0 Å². The van der Waals surface area contributed by atoms with Crippen LogP contribution in [-0.4, -0.2) is 48.9 Å². The second-order valence-electron chi connectivity index (χ2n) is 5.92. The van der Waals surface area contributed by atoms with Crippen LogP contribution in [0.15, 0.2) is 15.6 Å². The molecule has 1 aromatic heterocycles. The van der Waals surface area contributed by atoms with Gasteiger partial charge in [0.05, 0.1) is 18.3 Å². The highest BCUT2D eigenvalue weighted by Crippen LogP contribution is 2.15. The number of hydrogen-bond acceptors (Lipinski definition) is 4. The average Bonchev–Trinajstić information content (AvgIpc) is 2.99. The van der Waals surface area contributed by atoms with Crippen molar-refractivity contribution in [2.24, 2.45) is 4.99 Å². The minimum Gasteiger partial charge on any atom is -0.378 e. The van der Waals surface area contributed by atoms with Gasteiger partial charge in [-0.15, -0.1) is 0 Å². The number of aliphatic imine (C=N–C) groups is 1. The summed E-state index contributed by atoms with van der Waals surface area (Å²) in [4.78, 5) is 6.64. The second-order valence-corrected chi connectivity index (χ2v) is 5.92. The summed E-state index contributed by atoms with van der Waals surface area (Å²) in [6.45, 7) is 9.61. The lowest BCUT2D eigenvalue weighted by atomic mass is 10.1. The maximum absolute atomic E-state index is 5.69. The first-order valence-corrected chi connectivity index (χ1v) is 8.16. The zero-order valence-electron chi connectivity index (χ0n) is 14.1. The van der Waals surface area contributed by atoms with Crippen LogP contribution in [0.1, 0.15) is 51.0 Å². The number of rotatable bonds is 5. The first kappa shape index (κ1) is 16.8. The first-order valence-electron chi connectivity index (χ1n) is 8.16. The number of aromatic nitrogens is 1. The largest absolute Gasteiger partial charge is 0.378 e. The molecule has 0 unspecified atom stereocenters. The molecular weight excluding hydrogens is 280 g/mol. The highest BCUT2D eigenvalue weighted by atomic mass is 16.5. The van der Waals surface area contributed by atoms with Crippen molar-refractivity contribution in [3.63, 3.8) is 0 Å². The van der Waals surface area contributed by atoms with Crippen molar-refractivity contribution in [2.75, 3.05) is 26.7 Å². The molecule has 1 saturated heterocycles. The smallest absolute Gasteiger partial charge is 0.194 e. The van der Waals surface area contributed by atoms with Crippen LogP contribution in [0, 0.1) is 0 Å². The Balaban J connectivity index is 1.82. The number of ether oxygens (including phenoxy) is 1. The van der Waals surface area contributed by atoms with Gasteiger partial charge < -0.3 is 19.5 Å². The molecule has 124 valence electrons. The van der Waals surface area contributed by atoms with Crippen molar-refractivity contribution >= 4 is 5.96 Å². The Morgan fingerprint density at radius 3 is 2.77 bits per heavy atom. The maximum Gasteiger partial charge on any atom is 0.194 e. The molecule has 1 aromatic rings. The Labute approximate surface area is 132 Å². The number of guanidine groups is 1. The van der Waals surface area contributed by atoms with Crippen LogP contribution in [0.4, 0.5) is 0 Å². The lowest BCUT2D eigenvalue weighted by Gasteiger charge is -2.33. The highest BCUT2D eigenvalue weighted by molar-refractivity contribution is 5.79. The van der Waals surface area contributed by atoms with Crippen LogP contribution in [0.3, 0.4) is 0 Å². The summed E-state index contributed by atoms with van der Waals surface area (Å²) >= 11 is 0. The van der Waals surface area contributed by atoms with Gasteiger partial charge in [0, 0.05) is 32.8 Å². The SMILES string of the molecule is CCOC1CCN(C(=NC)NCc2cc(C(C)C)no2)CC1. The van der Waals surface area contributed by atoms with Crippen LogP contribution >= 0.6 is 0 Å². The number of likely N-dealkylation sites (tertiary alicyclic amines) is 1. The van der Waals surface area contributed by atoms with E-state index in [4.69, 9.17) is 9.26 Å². The lowest BCUT2D eigenvalue weighted by molar-refractivity contribution is 0.0263. The maximum atomic E-state index is 5.69. The molecule has 22 heavy (non-hydrogen) atoms. The summed E-state index contributed by atoms with van der Waals surface area (Å²) in [5.74, 6) is 2.14. The molecule has 2 rings (SSSR count). The Bertz CT molecular complexity index is 476. The van der Waals surface area contributed by atoms with E-state index in [-0.39, 0.29) is 0 Å². The van der Waals surface area contributed by atoms with Gasteiger partial charge in [0.15, 0.2) is 11.7 Å². The standard InChI is InChI=1S/C16H28N4O2/c1-5-21-13-6-8-20(9-7-13)16(17-4)18-11-14-10-15(12(2)3)19-22-14/h10,12-13H,5-9,11H2,1-4H3,(H,17,18). The molecule has 1 aliphatic rings. The molecule has 0 aromatic carbocycles. The summed E-state index contributed by atoms with van der Waals surface area (Å²) < 4.78 is 11.0. The lowest BCUT2D eigenvalue weighted by Crippen LogP contribution is -2.46. The highest BCUT2D eigenvalue weighted by Gasteiger charge is 2.21. The van der Waals surface area contributed by atoms with Gasteiger partial charge in [0.25, 0.3) is 0 Å². The summed E-state index contributed by atoms with van der Waals surface area (Å²) in [6.07, 6.45) is 2.49. The number of piperidine rings is 1. The van der Waals surface area contributed by atoms with E-state index >= 15 is 0 Å². The molecule has 0 bridgehead atoms. The third-order valence-electron chi connectivity index (χ3n) is 3.95. The van der Waals surface area contributed by atoms with Crippen molar-refractivity contribution in [2.45, 2.75) is 52.2 Å². The van der Waals surface area contributed by atoms with Gasteiger partial charge in [-0.25, -0.2) is 0 Å². The number of nitrogens with zero attached hydrogens (tertiary/aromatic N) is 3. The topological polar surface area (TPSA) is 62.9 Å². The van der Waals surface area contributed by atoms with Crippen molar-refractivity contribution < 1.29 is 9.26 Å². The summed E-state index contributed by atoms with van der Waals surface area (Å²) in [7, 11) is 1.82. The number of hydrogen-bond donors (Lipinski definition) is 1. The van der Waals surface area contributed by atoms with Gasteiger partial charge >= 0.3 is 0 Å². The van der Waals surface area contributed by atoms with Crippen molar-refractivity contribution in [3.05, 3.63) is 17.5 Å². The van der Waals surface area contributed by atoms with E-state index in [1.54, 1.807) is 0 Å². The molecule has 0 amide bonds. The molecule has 1 fully saturated rings. The molecule has 6 nitrogen and oxygen atoms in total. The first-order chi connectivity index (χ1) is 10.6. The van der Waals surface area contributed by atoms with Crippen molar-refractivity contribution in [1.82, 2.24) is 15.4 Å². The molecule has 0 aliphatic carbocycles. The number of nitrogens with one attached hydrogen (secondary N) is 1. The Morgan fingerprint density at radius 1 is 1.50 bits per heavy atom. The minimum atomic E-state index is 0.384. The molecule has 0 spiro atoms. The Kier molecular flexibility index (Phi) is 6.24. The van der Waals surface area contributed by atoms with E-state index in [9.17, 15) is 0 Å². The third-order valence-corrected chi connectivity index (χ3v) is 3.95. The van der Waals surface area contributed by atoms with Crippen LogP contribution in [0.5, 0.6) is 0 Å². The molecule has 0 atom stereocenters. The monoisotopic (exact) mass is 308 g/mol. The summed E-state index contributed by atoms with van der Waals surface area (Å²) in [6, 6.07) is 2.01. The van der Waals surface area contributed by atoms with Crippen molar-refractivity contribution in [3.8, 4) is 0 Å². The van der Waals surface area contributed by atoms with Crippen LogP contribution in [-0.2, 0) is 11.3 Å². The van der Waals surface area contributed by atoms with Crippen molar-refractivity contribution in [1.29, 1.82) is 0 Å². The quantitative estimate of drug-likeness (QED) is 0.668. The predicted octanol–water partition coefficient (Wildman–Crippen LogP) is 2.37. The summed E-state index contributed by atoms with van der Waals surface area (Å²) in [5, 5.41) is 7.43. The van der Waals surface area contributed by atoms with Gasteiger partial charge in [-0.3, -0.25) is 4.99 Å². The van der Waals surface area contributed by atoms with E-state index in [0.717, 1.165) is 50.0 Å². The van der Waals surface area contributed by atoms with Crippen LogP contribution < -0.4 is 5.32 Å². The molecule has 0 saturated carbocycles. The van der Waals surface area contributed by atoms with Crippen LogP contribution in [0.2, 0.25) is 0 Å². The van der Waals surface area contributed by atoms with E-state index in [1.807, 2.05) is 13.1 Å². The Morgan fingerprint density at radius 2 is 2.23 bits per heavy atom. The molecular formula is C16H28N4O2. The van der Waals surface area contributed by atoms with Gasteiger partial charge in [0.2, 0.25) is 0 Å². The van der Waals surface area contributed by atoms with E-state index in [2.05, 4.69) is 41.1 Å². The van der Waals surface area contributed by atoms with Crippen LogP contribution in [0.25, 0.3) is 0 Å². The van der Waals surface area contributed by atoms with E-state index in [1.165, 1.54) is 0 Å². The molecule has 1 N–H and O–H groups in total. The zero-order chi connectivity index (χ0) is 15.9. The van der Waals surface area contributed by atoms with E-state index in [0.29, 0.717) is 18.6 Å². The third kappa shape index (κ3) is 4.47. The fourth-order valence-corrected chi connectivity index (χ4v) is 2.65. The molecule has 0 radical (unpaired) electrons. The van der Waals surface area contributed by atoms with Gasteiger partial charge in [-0.05, 0) is 25.7 Å². The fraction of sp³-hybridized carbons (Fsp3) is 0.750. The average molecular weight is 308 g/mol. The molecule has 2 heterocycles. The zero-order valence-corrected chi connectivity index (χ0v) is 14.1. The predicted molar refractivity (Wildman–Crippen MR) is 87.0 cm³/mol. The molecule has 1 aliphatic heterocycles. The molecule has 6 heteroatoms. The minimum absolute atomic E-state index is 0.384. The fourth-order valence-electron chi connectivity index (χ4n) is 2.65. The van der Waals surface area contributed by atoms with Gasteiger partial charge in [-0.2, -0.15) is 0 Å².